The van der Waals surface area contributed by atoms with Crippen molar-refractivity contribution in [2.75, 3.05) is 61.9 Å². The summed E-state index contributed by atoms with van der Waals surface area (Å²) in [5, 5.41) is 8.87. The number of nitrogens with one attached hydrogen (secondary N) is 2. The van der Waals surface area contributed by atoms with E-state index in [1.54, 1.807) is 4.90 Å². The molecule has 2 heterocycles. The summed E-state index contributed by atoms with van der Waals surface area (Å²) in [6.45, 7) is 7.43. The van der Waals surface area contributed by atoms with Gasteiger partial charge in [0.15, 0.2) is 11.5 Å². The van der Waals surface area contributed by atoms with Crippen molar-refractivity contribution in [3.8, 4) is 11.3 Å². The first-order chi connectivity index (χ1) is 17.0. The minimum atomic E-state index is 0.000471. The molecule has 0 spiro atoms. The second-order valence-electron chi connectivity index (χ2n) is 9.59. The number of quaternary nitrogens is 1. The van der Waals surface area contributed by atoms with E-state index in [9.17, 15) is 4.79 Å². The molecule has 0 bridgehead atoms. The predicted octanol–water partition coefficient (Wildman–Crippen LogP) is 3.57. The Bertz CT molecular complexity index is 1420. The number of rotatable bonds is 5. The first-order valence-corrected chi connectivity index (χ1v) is 12.3. The van der Waals surface area contributed by atoms with Crippen molar-refractivity contribution < 1.29 is 14.2 Å². The maximum atomic E-state index is 13.8. The van der Waals surface area contributed by atoms with Crippen LogP contribution >= 0.6 is 0 Å². The standard InChI is InChI=1S/C28H29N5O2/c1-4-32-13-15-33(16-14-32)23-17-22(29-18-9-11-19(12-10-18)31(2)3)24-25-26(23)30-35-28(25)21-8-6-5-7-20(21)27(24)34/h5-12,17,29H,4,13-16H2,1-3H3/p+1. The fraction of sp³-hybridized carbons (Fsp3) is 0.286. The fourth-order valence-electron chi connectivity index (χ4n) is 5.30. The highest BCUT2D eigenvalue weighted by Gasteiger charge is 2.34. The lowest BCUT2D eigenvalue weighted by molar-refractivity contribution is -0.898. The molecule has 0 saturated carbocycles. The first kappa shape index (κ1) is 21.7. The van der Waals surface area contributed by atoms with Crippen molar-refractivity contribution in [3.05, 3.63) is 65.7 Å². The Morgan fingerprint density at radius 2 is 1.77 bits per heavy atom. The van der Waals surface area contributed by atoms with Crippen molar-refractivity contribution in [2.45, 2.75) is 6.92 Å². The van der Waals surface area contributed by atoms with Gasteiger partial charge in [-0.2, -0.15) is 0 Å². The fourth-order valence-corrected chi connectivity index (χ4v) is 5.30. The van der Waals surface area contributed by atoms with Gasteiger partial charge < -0.3 is 24.5 Å². The summed E-state index contributed by atoms with van der Waals surface area (Å²) < 4.78 is 5.92. The van der Waals surface area contributed by atoms with Gasteiger partial charge >= 0.3 is 0 Å². The molecular weight excluding hydrogens is 438 g/mol. The minimum Gasteiger partial charge on any atom is -0.378 e. The number of hydrogen-bond acceptors (Lipinski definition) is 6. The number of fused-ring (bicyclic) bond motifs is 2. The number of anilines is 4. The molecule has 2 aliphatic rings. The molecule has 35 heavy (non-hydrogen) atoms. The summed E-state index contributed by atoms with van der Waals surface area (Å²) in [5.41, 5.74) is 6.73. The quantitative estimate of drug-likeness (QED) is 0.411. The summed E-state index contributed by atoms with van der Waals surface area (Å²) in [4.78, 5) is 19.8. The van der Waals surface area contributed by atoms with Crippen molar-refractivity contribution in [1.29, 1.82) is 0 Å². The molecule has 1 aliphatic heterocycles. The molecule has 1 aromatic heterocycles. The number of piperazine rings is 1. The van der Waals surface area contributed by atoms with Crippen molar-refractivity contribution in [2.24, 2.45) is 0 Å². The van der Waals surface area contributed by atoms with Crippen LogP contribution in [0, 0.1) is 0 Å². The van der Waals surface area contributed by atoms with E-state index in [0.717, 1.165) is 71.9 Å². The monoisotopic (exact) mass is 468 g/mol. The van der Waals surface area contributed by atoms with Gasteiger partial charge in [-0.3, -0.25) is 4.79 Å². The third kappa shape index (κ3) is 3.54. The minimum absolute atomic E-state index is 0.000471. The number of carbonyl (C=O) groups is 1. The van der Waals surface area contributed by atoms with Gasteiger partial charge in [-0.05, 0) is 37.3 Å². The topological polar surface area (TPSA) is 66.1 Å². The number of nitrogens with zero attached hydrogens (tertiary/aromatic N) is 3. The van der Waals surface area contributed by atoms with Crippen LogP contribution < -0.4 is 20.0 Å². The lowest BCUT2D eigenvalue weighted by Gasteiger charge is -2.33. The number of hydrogen-bond donors (Lipinski definition) is 2. The van der Waals surface area contributed by atoms with Crippen LogP contribution in [0.1, 0.15) is 22.8 Å². The summed E-state index contributed by atoms with van der Waals surface area (Å²) in [5.74, 6) is 0.677. The summed E-state index contributed by atoms with van der Waals surface area (Å²) in [6, 6.07) is 18.0. The Morgan fingerprint density at radius 1 is 1.06 bits per heavy atom. The molecule has 7 heteroatoms. The highest BCUT2D eigenvalue weighted by molar-refractivity contribution is 6.28. The van der Waals surface area contributed by atoms with Gasteiger partial charge in [0.2, 0.25) is 0 Å². The predicted molar refractivity (Wildman–Crippen MR) is 140 cm³/mol. The second-order valence-corrected chi connectivity index (χ2v) is 9.59. The van der Waals surface area contributed by atoms with E-state index in [0.29, 0.717) is 16.9 Å². The third-order valence-corrected chi connectivity index (χ3v) is 7.35. The van der Waals surface area contributed by atoms with Gasteiger partial charge in [-0.1, -0.05) is 29.4 Å². The Hall–Kier alpha value is -3.84. The van der Waals surface area contributed by atoms with Crippen LogP contribution in [0.25, 0.3) is 22.2 Å². The molecule has 1 fully saturated rings. The zero-order valence-corrected chi connectivity index (χ0v) is 20.4. The van der Waals surface area contributed by atoms with Crippen LogP contribution in [0.15, 0.2) is 59.1 Å². The Labute approximate surface area is 204 Å². The van der Waals surface area contributed by atoms with Crippen LogP contribution in [0.5, 0.6) is 0 Å². The molecule has 0 amide bonds. The first-order valence-electron chi connectivity index (χ1n) is 12.3. The third-order valence-electron chi connectivity index (χ3n) is 7.35. The normalized spacial score (nSPS) is 15.4. The molecule has 0 unspecified atom stereocenters. The summed E-state index contributed by atoms with van der Waals surface area (Å²) in [6.07, 6.45) is 0. The van der Waals surface area contributed by atoms with E-state index in [1.165, 1.54) is 0 Å². The van der Waals surface area contributed by atoms with Crippen molar-refractivity contribution in [3.63, 3.8) is 0 Å². The molecule has 0 radical (unpaired) electrons. The zero-order valence-electron chi connectivity index (χ0n) is 20.4. The molecule has 1 saturated heterocycles. The molecule has 178 valence electrons. The van der Waals surface area contributed by atoms with Crippen LogP contribution in [0.4, 0.5) is 22.7 Å². The smallest absolute Gasteiger partial charge is 0.196 e. The number of aromatic nitrogens is 1. The Balaban J connectivity index is 1.51. The average molecular weight is 469 g/mol. The van der Waals surface area contributed by atoms with E-state index in [1.807, 2.05) is 50.5 Å². The number of benzene rings is 3. The van der Waals surface area contributed by atoms with E-state index in [4.69, 9.17) is 4.52 Å². The Kier molecular flexibility index (Phi) is 5.22. The Morgan fingerprint density at radius 3 is 2.46 bits per heavy atom. The van der Waals surface area contributed by atoms with E-state index >= 15 is 0 Å². The molecule has 1 aliphatic carbocycles. The second kappa shape index (κ2) is 8.43. The van der Waals surface area contributed by atoms with Crippen LogP contribution in [-0.2, 0) is 0 Å². The average Bonchev–Trinajstić information content (AvgIpc) is 3.33. The summed E-state index contributed by atoms with van der Waals surface area (Å²) >= 11 is 0. The van der Waals surface area contributed by atoms with Gasteiger partial charge in [0.25, 0.3) is 0 Å². The van der Waals surface area contributed by atoms with Gasteiger partial charge in [-0.25, -0.2) is 0 Å². The van der Waals surface area contributed by atoms with Crippen LogP contribution in [0.2, 0.25) is 0 Å². The highest BCUT2D eigenvalue weighted by Crippen LogP contribution is 2.46. The number of likely N-dealkylation sites (N-methyl/N-ethyl adjacent to an activating group) is 1. The molecule has 4 aromatic rings. The molecule has 7 nitrogen and oxygen atoms in total. The van der Waals surface area contributed by atoms with E-state index < -0.39 is 0 Å². The molecule has 3 aromatic carbocycles. The lowest BCUT2D eigenvalue weighted by Crippen LogP contribution is -3.14. The molecular formula is C28H30N5O2+. The van der Waals surface area contributed by atoms with E-state index in [-0.39, 0.29) is 5.78 Å². The van der Waals surface area contributed by atoms with Crippen molar-refractivity contribution in [1.82, 2.24) is 5.16 Å². The number of ketones is 1. The molecule has 2 N–H and O–H groups in total. The molecule has 0 atom stereocenters. The maximum absolute atomic E-state index is 13.8. The summed E-state index contributed by atoms with van der Waals surface area (Å²) in [7, 11) is 4.05. The SMILES string of the molecule is CC[NH+]1CCN(c2cc(Nc3ccc(N(C)C)cc3)c3c4c(onc24)-c2ccccc2C3=O)CC1. The lowest BCUT2D eigenvalue weighted by atomic mass is 9.86. The van der Waals surface area contributed by atoms with Crippen molar-refractivity contribution >= 4 is 39.4 Å². The molecule has 6 rings (SSSR count). The number of carbonyl (C=O) groups excluding carboxylic acids is 1. The van der Waals surface area contributed by atoms with Crippen LogP contribution in [-0.4, -0.2) is 57.8 Å². The van der Waals surface area contributed by atoms with Gasteiger partial charge in [0.05, 0.1) is 55.0 Å². The highest BCUT2D eigenvalue weighted by atomic mass is 16.5. The van der Waals surface area contributed by atoms with Crippen LogP contribution in [0.3, 0.4) is 0 Å². The maximum Gasteiger partial charge on any atom is 0.196 e. The van der Waals surface area contributed by atoms with Gasteiger partial charge in [0, 0.05) is 36.6 Å². The largest absolute Gasteiger partial charge is 0.378 e. The van der Waals surface area contributed by atoms with E-state index in [2.05, 4.69) is 45.4 Å². The zero-order chi connectivity index (χ0) is 24.1. The van der Waals surface area contributed by atoms with Gasteiger partial charge in [-0.15, -0.1) is 0 Å². The van der Waals surface area contributed by atoms with Gasteiger partial charge in [0.1, 0.15) is 5.52 Å².